The number of carbonyl (C=O) groups is 1. The Morgan fingerprint density at radius 3 is 2.86 bits per heavy atom. The minimum Gasteiger partial charge on any atom is -0.484 e. The van der Waals surface area contributed by atoms with Gasteiger partial charge in [-0.2, -0.15) is 0 Å². The van der Waals surface area contributed by atoms with Gasteiger partial charge in [-0.15, -0.1) is 0 Å². The smallest absolute Gasteiger partial charge is 0.260 e. The number of hydrogen-bond acceptors (Lipinski definition) is 3. The standard InChI is InChI=1S/C16H23FN2O2/c1-18-8-5-13-6-9-19(10-7-13)16(20)12-21-15-4-2-3-14(17)11-15/h2-4,11,13,18H,5-10,12H2,1H3. The van der Waals surface area contributed by atoms with Gasteiger partial charge in [0.15, 0.2) is 6.61 Å². The molecule has 1 aliphatic rings. The second kappa shape index (κ2) is 7.98. The summed E-state index contributed by atoms with van der Waals surface area (Å²) in [6.45, 7) is 2.59. The van der Waals surface area contributed by atoms with Crippen molar-refractivity contribution in [3.8, 4) is 5.75 Å². The molecule has 0 saturated carbocycles. The Balaban J connectivity index is 1.72. The summed E-state index contributed by atoms with van der Waals surface area (Å²) < 4.78 is 18.4. The van der Waals surface area contributed by atoms with Crippen LogP contribution in [-0.4, -0.2) is 44.1 Å². The molecular weight excluding hydrogens is 271 g/mol. The van der Waals surface area contributed by atoms with Crippen molar-refractivity contribution in [1.29, 1.82) is 0 Å². The van der Waals surface area contributed by atoms with Gasteiger partial charge >= 0.3 is 0 Å². The summed E-state index contributed by atoms with van der Waals surface area (Å²) in [4.78, 5) is 13.9. The molecule has 1 aliphatic heterocycles. The Kier molecular flexibility index (Phi) is 5.99. The zero-order valence-corrected chi connectivity index (χ0v) is 12.5. The third-order valence-electron chi connectivity index (χ3n) is 3.93. The normalized spacial score (nSPS) is 16.0. The first-order valence-corrected chi connectivity index (χ1v) is 7.50. The Morgan fingerprint density at radius 2 is 2.19 bits per heavy atom. The fourth-order valence-electron chi connectivity index (χ4n) is 2.61. The highest BCUT2D eigenvalue weighted by molar-refractivity contribution is 5.77. The summed E-state index contributed by atoms with van der Waals surface area (Å²) >= 11 is 0. The largest absolute Gasteiger partial charge is 0.484 e. The first-order chi connectivity index (χ1) is 10.2. The summed E-state index contributed by atoms with van der Waals surface area (Å²) in [7, 11) is 1.96. The van der Waals surface area contributed by atoms with Crippen molar-refractivity contribution in [2.75, 3.05) is 33.3 Å². The molecule has 2 rings (SSSR count). The third kappa shape index (κ3) is 5.01. The van der Waals surface area contributed by atoms with E-state index in [1.54, 1.807) is 12.1 Å². The number of rotatable bonds is 6. The van der Waals surface area contributed by atoms with Crippen molar-refractivity contribution in [1.82, 2.24) is 10.2 Å². The SMILES string of the molecule is CNCCC1CCN(C(=O)COc2cccc(F)c2)CC1. The van der Waals surface area contributed by atoms with Crippen LogP contribution in [0.1, 0.15) is 19.3 Å². The number of benzene rings is 1. The Hall–Kier alpha value is -1.62. The second-order valence-corrected chi connectivity index (χ2v) is 5.46. The lowest BCUT2D eigenvalue weighted by Crippen LogP contribution is -2.41. The van der Waals surface area contributed by atoms with Crippen LogP contribution in [0, 0.1) is 11.7 Å². The maximum Gasteiger partial charge on any atom is 0.260 e. The third-order valence-corrected chi connectivity index (χ3v) is 3.93. The lowest BCUT2D eigenvalue weighted by atomic mass is 9.93. The van der Waals surface area contributed by atoms with E-state index in [2.05, 4.69) is 5.32 Å². The molecule has 0 unspecified atom stereocenters. The van der Waals surface area contributed by atoms with E-state index in [9.17, 15) is 9.18 Å². The molecule has 21 heavy (non-hydrogen) atoms. The number of likely N-dealkylation sites (tertiary alicyclic amines) is 1. The molecule has 0 radical (unpaired) electrons. The molecule has 1 heterocycles. The molecule has 0 spiro atoms. The minimum atomic E-state index is -0.356. The average Bonchev–Trinajstić information content (AvgIpc) is 2.51. The van der Waals surface area contributed by atoms with Gasteiger partial charge in [-0.3, -0.25) is 4.79 Å². The number of ether oxygens (including phenoxy) is 1. The molecule has 1 saturated heterocycles. The summed E-state index contributed by atoms with van der Waals surface area (Å²) in [5.41, 5.74) is 0. The highest BCUT2D eigenvalue weighted by Crippen LogP contribution is 2.20. The van der Waals surface area contributed by atoms with Crippen LogP contribution in [0.5, 0.6) is 5.75 Å². The molecule has 0 bridgehead atoms. The van der Waals surface area contributed by atoms with Crippen molar-refractivity contribution >= 4 is 5.91 Å². The van der Waals surface area contributed by atoms with Crippen LogP contribution >= 0.6 is 0 Å². The number of nitrogens with one attached hydrogen (secondary N) is 1. The van der Waals surface area contributed by atoms with Gasteiger partial charge in [0, 0.05) is 19.2 Å². The Labute approximate surface area is 125 Å². The fraction of sp³-hybridized carbons (Fsp3) is 0.562. The molecule has 1 fully saturated rings. The maximum atomic E-state index is 13.0. The fourth-order valence-corrected chi connectivity index (χ4v) is 2.61. The van der Waals surface area contributed by atoms with Gasteiger partial charge < -0.3 is 15.0 Å². The van der Waals surface area contributed by atoms with Crippen molar-refractivity contribution in [2.24, 2.45) is 5.92 Å². The minimum absolute atomic E-state index is 0.0219. The van der Waals surface area contributed by atoms with E-state index in [1.165, 1.54) is 18.6 Å². The van der Waals surface area contributed by atoms with E-state index in [1.807, 2.05) is 11.9 Å². The predicted molar refractivity (Wildman–Crippen MR) is 79.7 cm³/mol. The van der Waals surface area contributed by atoms with Gasteiger partial charge in [0.2, 0.25) is 0 Å². The van der Waals surface area contributed by atoms with Gasteiger partial charge in [-0.25, -0.2) is 4.39 Å². The van der Waals surface area contributed by atoms with Gasteiger partial charge in [0.05, 0.1) is 0 Å². The van der Waals surface area contributed by atoms with Crippen LogP contribution in [0.2, 0.25) is 0 Å². The van der Waals surface area contributed by atoms with Crippen molar-refractivity contribution < 1.29 is 13.9 Å². The summed E-state index contributed by atoms with van der Waals surface area (Å²) in [5.74, 6) is 0.717. The predicted octanol–water partition coefficient (Wildman–Crippen LogP) is 2.05. The zero-order chi connectivity index (χ0) is 15.1. The monoisotopic (exact) mass is 294 g/mol. The topological polar surface area (TPSA) is 41.6 Å². The van der Waals surface area contributed by atoms with E-state index in [4.69, 9.17) is 4.74 Å². The highest BCUT2D eigenvalue weighted by Gasteiger charge is 2.22. The number of nitrogens with zero attached hydrogens (tertiary/aromatic N) is 1. The molecule has 0 aliphatic carbocycles. The molecule has 0 atom stereocenters. The Bertz CT molecular complexity index is 459. The highest BCUT2D eigenvalue weighted by atomic mass is 19.1. The van der Waals surface area contributed by atoms with Crippen LogP contribution in [0.25, 0.3) is 0 Å². The molecular formula is C16H23FN2O2. The first kappa shape index (κ1) is 15.8. The quantitative estimate of drug-likeness (QED) is 0.873. The van der Waals surface area contributed by atoms with Crippen LogP contribution in [0.4, 0.5) is 4.39 Å². The average molecular weight is 294 g/mol. The van der Waals surface area contributed by atoms with Crippen molar-refractivity contribution in [3.63, 3.8) is 0 Å². The lowest BCUT2D eigenvalue weighted by molar-refractivity contribution is -0.134. The van der Waals surface area contributed by atoms with Gasteiger partial charge in [-0.05, 0) is 50.9 Å². The summed E-state index contributed by atoms with van der Waals surface area (Å²) in [6.07, 6.45) is 3.26. The zero-order valence-electron chi connectivity index (χ0n) is 12.5. The van der Waals surface area contributed by atoms with E-state index >= 15 is 0 Å². The summed E-state index contributed by atoms with van der Waals surface area (Å²) in [6, 6.07) is 5.87. The van der Waals surface area contributed by atoms with Crippen LogP contribution in [-0.2, 0) is 4.79 Å². The van der Waals surface area contributed by atoms with E-state index in [0.717, 1.165) is 32.5 Å². The van der Waals surface area contributed by atoms with Crippen molar-refractivity contribution in [2.45, 2.75) is 19.3 Å². The molecule has 5 heteroatoms. The number of amides is 1. The van der Waals surface area contributed by atoms with Gasteiger partial charge in [-0.1, -0.05) is 6.07 Å². The molecule has 1 aromatic rings. The molecule has 1 N–H and O–H groups in total. The number of hydrogen-bond donors (Lipinski definition) is 1. The van der Waals surface area contributed by atoms with Crippen LogP contribution in [0.3, 0.4) is 0 Å². The van der Waals surface area contributed by atoms with Crippen molar-refractivity contribution in [3.05, 3.63) is 30.1 Å². The molecule has 116 valence electrons. The summed E-state index contributed by atoms with van der Waals surface area (Å²) in [5, 5.41) is 3.16. The molecule has 0 aromatic heterocycles. The maximum absolute atomic E-state index is 13.0. The van der Waals surface area contributed by atoms with E-state index < -0.39 is 0 Å². The van der Waals surface area contributed by atoms with E-state index in [0.29, 0.717) is 11.7 Å². The molecule has 1 aromatic carbocycles. The number of carbonyl (C=O) groups excluding carboxylic acids is 1. The van der Waals surface area contributed by atoms with E-state index in [-0.39, 0.29) is 18.3 Å². The first-order valence-electron chi connectivity index (χ1n) is 7.50. The lowest BCUT2D eigenvalue weighted by Gasteiger charge is -2.32. The molecule has 1 amide bonds. The van der Waals surface area contributed by atoms with Crippen LogP contribution < -0.4 is 10.1 Å². The number of piperidine rings is 1. The second-order valence-electron chi connectivity index (χ2n) is 5.46. The van der Waals surface area contributed by atoms with Gasteiger partial charge in [0.1, 0.15) is 11.6 Å². The number of halogens is 1. The van der Waals surface area contributed by atoms with Crippen LogP contribution in [0.15, 0.2) is 24.3 Å². The molecule has 4 nitrogen and oxygen atoms in total. The Morgan fingerprint density at radius 1 is 1.43 bits per heavy atom. The van der Waals surface area contributed by atoms with Gasteiger partial charge in [0.25, 0.3) is 5.91 Å².